The predicted octanol–water partition coefficient (Wildman–Crippen LogP) is 3.94. The second-order valence-electron chi connectivity index (χ2n) is 9.29. The molecule has 4 fully saturated rings. The minimum atomic E-state index is 0.169. The standard InChI is InChI=1S/C22H38N2O/c1-15(2)21(25)5-4-16(3)6-7-23-8-9-24-22-19-11-17-10-18(13-19)14-20(22)12-17/h6,15,17-20,22-24H,4-5,7-14H2,1-3H3/b16-6+. The fourth-order valence-electron chi connectivity index (χ4n) is 5.65. The molecule has 2 N–H and O–H groups in total. The Labute approximate surface area is 154 Å². The van der Waals surface area contributed by atoms with Crippen molar-refractivity contribution in [1.29, 1.82) is 0 Å². The summed E-state index contributed by atoms with van der Waals surface area (Å²) in [6.07, 6.45) is 11.4. The van der Waals surface area contributed by atoms with E-state index in [1.807, 2.05) is 13.8 Å². The van der Waals surface area contributed by atoms with Crippen molar-refractivity contribution in [1.82, 2.24) is 10.6 Å². The van der Waals surface area contributed by atoms with Crippen molar-refractivity contribution in [2.75, 3.05) is 19.6 Å². The van der Waals surface area contributed by atoms with Crippen LogP contribution in [0.4, 0.5) is 0 Å². The van der Waals surface area contributed by atoms with Crippen molar-refractivity contribution >= 4 is 5.78 Å². The molecule has 4 saturated carbocycles. The maximum atomic E-state index is 11.7. The SMILES string of the molecule is C/C(=C\CNCCNC1C2CC3CC(C2)CC1C3)CCC(=O)C(C)C. The molecule has 0 radical (unpaired) electrons. The second-order valence-corrected chi connectivity index (χ2v) is 9.29. The number of Topliss-reactive ketones (excluding diaryl/α,β-unsaturated/α-hetero) is 1. The van der Waals surface area contributed by atoms with Gasteiger partial charge in [0.25, 0.3) is 0 Å². The van der Waals surface area contributed by atoms with E-state index in [4.69, 9.17) is 0 Å². The zero-order valence-corrected chi connectivity index (χ0v) is 16.5. The van der Waals surface area contributed by atoms with Gasteiger partial charge < -0.3 is 10.6 Å². The van der Waals surface area contributed by atoms with Crippen LogP contribution in [0.2, 0.25) is 0 Å². The minimum Gasteiger partial charge on any atom is -0.312 e. The first-order valence-corrected chi connectivity index (χ1v) is 10.7. The minimum absolute atomic E-state index is 0.169. The van der Waals surface area contributed by atoms with Gasteiger partial charge in [0.1, 0.15) is 5.78 Å². The van der Waals surface area contributed by atoms with E-state index in [0.29, 0.717) is 12.2 Å². The van der Waals surface area contributed by atoms with E-state index < -0.39 is 0 Å². The summed E-state index contributed by atoms with van der Waals surface area (Å²) in [7, 11) is 0. The highest BCUT2D eigenvalue weighted by molar-refractivity contribution is 5.80. The average molecular weight is 347 g/mol. The summed E-state index contributed by atoms with van der Waals surface area (Å²) in [5.41, 5.74) is 1.33. The number of carbonyl (C=O) groups excluding carboxylic acids is 1. The van der Waals surface area contributed by atoms with Crippen LogP contribution in [0, 0.1) is 29.6 Å². The maximum absolute atomic E-state index is 11.7. The molecular weight excluding hydrogens is 308 g/mol. The van der Waals surface area contributed by atoms with Crippen LogP contribution in [-0.4, -0.2) is 31.5 Å². The third-order valence-electron chi connectivity index (χ3n) is 6.91. The molecule has 0 aromatic carbocycles. The Morgan fingerprint density at radius 3 is 2.24 bits per heavy atom. The Morgan fingerprint density at radius 1 is 1.00 bits per heavy atom. The number of hydrogen-bond acceptors (Lipinski definition) is 3. The molecule has 142 valence electrons. The largest absolute Gasteiger partial charge is 0.312 e. The van der Waals surface area contributed by atoms with Crippen LogP contribution in [0.5, 0.6) is 0 Å². The van der Waals surface area contributed by atoms with E-state index in [9.17, 15) is 4.79 Å². The Morgan fingerprint density at radius 2 is 1.64 bits per heavy atom. The van der Waals surface area contributed by atoms with E-state index in [2.05, 4.69) is 23.6 Å². The van der Waals surface area contributed by atoms with Crippen molar-refractivity contribution in [3.8, 4) is 0 Å². The molecule has 0 amide bonds. The van der Waals surface area contributed by atoms with Crippen molar-refractivity contribution in [3.05, 3.63) is 11.6 Å². The Balaban J connectivity index is 1.27. The number of rotatable bonds is 10. The van der Waals surface area contributed by atoms with Crippen LogP contribution in [0.25, 0.3) is 0 Å². The molecular formula is C22H38N2O. The summed E-state index contributed by atoms with van der Waals surface area (Å²) in [5, 5.41) is 7.40. The fraction of sp³-hybridized carbons (Fsp3) is 0.864. The number of carbonyl (C=O) groups is 1. The smallest absolute Gasteiger partial charge is 0.135 e. The van der Waals surface area contributed by atoms with E-state index >= 15 is 0 Å². The molecule has 0 aliphatic heterocycles. The maximum Gasteiger partial charge on any atom is 0.135 e. The van der Waals surface area contributed by atoms with Gasteiger partial charge >= 0.3 is 0 Å². The summed E-state index contributed by atoms with van der Waals surface area (Å²) in [5.74, 6) is 4.61. The molecule has 3 heteroatoms. The second kappa shape index (κ2) is 8.81. The van der Waals surface area contributed by atoms with Crippen molar-refractivity contribution in [2.24, 2.45) is 29.6 Å². The van der Waals surface area contributed by atoms with Crippen LogP contribution in [-0.2, 0) is 4.79 Å². The molecule has 4 aliphatic carbocycles. The quantitative estimate of drug-likeness (QED) is 0.465. The highest BCUT2D eigenvalue weighted by Crippen LogP contribution is 2.53. The summed E-state index contributed by atoms with van der Waals surface area (Å²) in [6.45, 7) is 9.16. The molecule has 0 saturated heterocycles. The average Bonchev–Trinajstić information content (AvgIpc) is 2.56. The van der Waals surface area contributed by atoms with Crippen LogP contribution in [0.1, 0.15) is 65.7 Å². The zero-order chi connectivity index (χ0) is 17.8. The lowest BCUT2D eigenvalue weighted by Gasteiger charge is -2.54. The summed E-state index contributed by atoms with van der Waals surface area (Å²) >= 11 is 0. The summed E-state index contributed by atoms with van der Waals surface area (Å²) in [6, 6.07) is 0.800. The van der Waals surface area contributed by atoms with Crippen molar-refractivity contribution in [2.45, 2.75) is 71.8 Å². The molecule has 0 aromatic heterocycles. The van der Waals surface area contributed by atoms with Crippen LogP contribution in [0.15, 0.2) is 11.6 Å². The van der Waals surface area contributed by atoms with Gasteiger partial charge in [0.2, 0.25) is 0 Å². The topological polar surface area (TPSA) is 41.1 Å². The third-order valence-corrected chi connectivity index (χ3v) is 6.91. The molecule has 0 unspecified atom stereocenters. The Kier molecular flexibility index (Phi) is 6.73. The lowest BCUT2D eigenvalue weighted by Crippen LogP contribution is -2.55. The van der Waals surface area contributed by atoms with Crippen LogP contribution in [0.3, 0.4) is 0 Å². The third kappa shape index (κ3) is 5.17. The molecule has 25 heavy (non-hydrogen) atoms. The lowest BCUT2D eigenvalue weighted by atomic mass is 9.54. The van der Waals surface area contributed by atoms with Gasteiger partial charge in [-0.2, -0.15) is 0 Å². The van der Waals surface area contributed by atoms with Gasteiger partial charge in [-0.25, -0.2) is 0 Å². The molecule has 4 rings (SSSR count). The first kappa shape index (κ1) is 19.1. The highest BCUT2D eigenvalue weighted by atomic mass is 16.1. The van der Waals surface area contributed by atoms with Crippen molar-refractivity contribution in [3.63, 3.8) is 0 Å². The van der Waals surface area contributed by atoms with Gasteiger partial charge in [-0.05, 0) is 69.1 Å². The lowest BCUT2D eigenvalue weighted by molar-refractivity contribution is -0.121. The summed E-state index contributed by atoms with van der Waals surface area (Å²) < 4.78 is 0. The van der Waals surface area contributed by atoms with Gasteiger partial charge in [0, 0.05) is 38.0 Å². The van der Waals surface area contributed by atoms with Crippen molar-refractivity contribution < 1.29 is 4.79 Å². The van der Waals surface area contributed by atoms with Crippen LogP contribution < -0.4 is 10.6 Å². The molecule has 3 nitrogen and oxygen atoms in total. The van der Waals surface area contributed by atoms with E-state index in [0.717, 1.165) is 55.8 Å². The number of hydrogen-bond donors (Lipinski definition) is 2. The van der Waals surface area contributed by atoms with Gasteiger partial charge in [-0.1, -0.05) is 25.5 Å². The Hall–Kier alpha value is -0.670. The molecule has 4 aliphatic rings. The first-order chi connectivity index (χ1) is 12.0. The van der Waals surface area contributed by atoms with Crippen LogP contribution >= 0.6 is 0 Å². The first-order valence-electron chi connectivity index (χ1n) is 10.7. The predicted molar refractivity (Wildman–Crippen MR) is 105 cm³/mol. The van der Waals surface area contributed by atoms with E-state index in [-0.39, 0.29) is 5.92 Å². The monoisotopic (exact) mass is 346 g/mol. The molecule has 0 atom stereocenters. The summed E-state index contributed by atoms with van der Waals surface area (Å²) in [4.78, 5) is 11.7. The zero-order valence-electron chi connectivity index (χ0n) is 16.5. The molecule has 0 aromatic rings. The molecule has 4 bridgehead atoms. The van der Waals surface area contributed by atoms with Gasteiger partial charge in [-0.3, -0.25) is 4.79 Å². The number of allylic oxidation sites excluding steroid dienone is 1. The highest BCUT2D eigenvalue weighted by Gasteiger charge is 2.47. The molecule has 0 heterocycles. The van der Waals surface area contributed by atoms with Gasteiger partial charge in [0.05, 0.1) is 0 Å². The number of nitrogens with one attached hydrogen (secondary N) is 2. The Bertz CT molecular complexity index is 454. The van der Waals surface area contributed by atoms with Gasteiger partial charge in [-0.15, -0.1) is 0 Å². The van der Waals surface area contributed by atoms with E-state index in [1.54, 1.807) is 0 Å². The van der Waals surface area contributed by atoms with Gasteiger partial charge in [0.15, 0.2) is 0 Å². The number of ketones is 1. The normalized spacial score (nSPS) is 34.1. The van der Waals surface area contributed by atoms with E-state index in [1.165, 1.54) is 37.7 Å². The molecule has 0 spiro atoms. The fourth-order valence-corrected chi connectivity index (χ4v) is 5.65.